The third-order valence-electron chi connectivity index (χ3n) is 4.55. The second-order valence-electron chi connectivity index (χ2n) is 6.08. The van der Waals surface area contributed by atoms with E-state index < -0.39 is 0 Å². The fourth-order valence-corrected chi connectivity index (χ4v) is 3.14. The predicted octanol–water partition coefficient (Wildman–Crippen LogP) is 3.04. The van der Waals surface area contributed by atoms with Crippen molar-refractivity contribution < 1.29 is 4.52 Å². The molecular weight excluding hydrogens is 264 g/mol. The molecule has 1 atom stereocenters. The molecule has 21 heavy (non-hydrogen) atoms. The number of aromatic nitrogens is 2. The molecule has 2 N–H and O–H groups in total. The van der Waals surface area contributed by atoms with Gasteiger partial charge in [-0.3, -0.25) is 0 Å². The number of anilines is 2. The maximum Gasteiger partial charge on any atom is 0.249 e. The van der Waals surface area contributed by atoms with Gasteiger partial charge in [0.25, 0.3) is 0 Å². The van der Waals surface area contributed by atoms with E-state index in [4.69, 9.17) is 10.3 Å². The second-order valence-corrected chi connectivity index (χ2v) is 6.08. The third kappa shape index (κ3) is 2.17. The van der Waals surface area contributed by atoms with E-state index in [1.165, 1.54) is 24.1 Å². The summed E-state index contributed by atoms with van der Waals surface area (Å²) < 4.78 is 5.49. The Kier molecular flexibility index (Phi) is 2.87. The third-order valence-corrected chi connectivity index (χ3v) is 4.55. The van der Waals surface area contributed by atoms with Gasteiger partial charge in [0.1, 0.15) is 6.04 Å². The Hall–Kier alpha value is -2.04. The van der Waals surface area contributed by atoms with Crippen LogP contribution < -0.4 is 10.6 Å². The summed E-state index contributed by atoms with van der Waals surface area (Å²) in [5, 5.41) is 4.13. The highest BCUT2D eigenvalue weighted by molar-refractivity contribution is 5.66. The molecule has 0 saturated heterocycles. The van der Waals surface area contributed by atoms with Crippen LogP contribution in [0.3, 0.4) is 0 Å². The van der Waals surface area contributed by atoms with Crippen LogP contribution in [0.4, 0.5) is 11.4 Å². The van der Waals surface area contributed by atoms with Crippen LogP contribution in [0.5, 0.6) is 0 Å². The zero-order valence-electron chi connectivity index (χ0n) is 12.2. The highest BCUT2D eigenvalue weighted by Crippen LogP contribution is 2.40. The lowest BCUT2D eigenvalue weighted by Crippen LogP contribution is -2.32. The Labute approximate surface area is 124 Å². The first-order valence-electron chi connectivity index (χ1n) is 7.71. The summed E-state index contributed by atoms with van der Waals surface area (Å²) in [6, 6.07) is 6.22. The van der Waals surface area contributed by atoms with Crippen molar-refractivity contribution >= 4 is 11.4 Å². The Morgan fingerprint density at radius 2 is 2.24 bits per heavy atom. The van der Waals surface area contributed by atoms with Crippen LogP contribution >= 0.6 is 0 Å². The minimum absolute atomic E-state index is 0.0887. The van der Waals surface area contributed by atoms with Crippen LogP contribution in [0.25, 0.3) is 0 Å². The van der Waals surface area contributed by atoms with Gasteiger partial charge in [-0.05, 0) is 50.3 Å². The molecule has 1 aromatic heterocycles. The van der Waals surface area contributed by atoms with Crippen molar-refractivity contribution in [3.8, 4) is 0 Å². The molecule has 2 heterocycles. The van der Waals surface area contributed by atoms with Crippen LogP contribution in [0.15, 0.2) is 22.7 Å². The molecule has 0 bridgehead atoms. The number of hydrogen-bond acceptors (Lipinski definition) is 5. The standard InChI is InChI=1S/C16H20N4O/c1-10(16-18-15(19-21-16)11-7-8-11)20-9-3-4-12-13(17)5-2-6-14(12)20/h2,5-6,10-11H,3-4,7-9,17H2,1H3. The molecule has 1 unspecified atom stereocenters. The predicted molar refractivity (Wildman–Crippen MR) is 81.2 cm³/mol. The van der Waals surface area contributed by atoms with Crippen molar-refractivity contribution in [2.45, 2.75) is 44.6 Å². The van der Waals surface area contributed by atoms with E-state index in [-0.39, 0.29) is 6.04 Å². The van der Waals surface area contributed by atoms with Crippen molar-refractivity contribution in [2.24, 2.45) is 0 Å². The average Bonchev–Trinajstić information content (AvgIpc) is 3.24. The van der Waals surface area contributed by atoms with Gasteiger partial charge in [0.05, 0.1) is 0 Å². The number of rotatable bonds is 3. The van der Waals surface area contributed by atoms with E-state index >= 15 is 0 Å². The molecule has 0 amide bonds. The van der Waals surface area contributed by atoms with E-state index in [0.717, 1.165) is 30.9 Å². The Bertz CT molecular complexity index is 662. The molecule has 4 rings (SSSR count). The highest BCUT2D eigenvalue weighted by atomic mass is 16.5. The first-order valence-corrected chi connectivity index (χ1v) is 7.71. The molecule has 5 heteroatoms. The first-order chi connectivity index (χ1) is 10.2. The molecule has 1 aliphatic heterocycles. The van der Waals surface area contributed by atoms with Gasteiger partial charge in [-0.1, -0.05) is 11.2 Å². The van der Waals surface area contributed by atoms with Crippen LogP contribution in [0.1, 0.15) is 55.4 Å². The summed E-state index contributed by atoms with van der Waals surface area (Å²) in [5.41, 5.74) is 9.46. The summed E-state index contributed by atoms with van der Waals surface area (Å²) in [6.45, 7) is 3.13. The SMILES string of the molecule is CC(c1nc(C2CC2)no1)N1CCCc2c(N)cccc21. The van der Waals surface area contributed by atoms with E-state index in [1.54, 1.807) is 0 Å². The van der Waals surface area contributed by atoms with E-state index in [2.05, 4.69) is 28.0 Å². The highest BCUT2D eigenvalue weighted by Gasteiger charge is 2.31. The van der Waals surface area contributed by atoms with Crippen molar-refractivity contribution in [3.63, 3.8) is 0 Å². The second kappa shape index (κ2) is 4.76. The van der Waals surface area contributed by atoms with Crippen molar-refractivity contribution in [1.82, 2.24) is 10.1 Å². The van der Waals surface area contributed by atoms with Crippen molar-refractivity contribution in [3.05, 3.63) is 35.5 Å². The summed E-state index contributed by atoms with van der Waals surface area (Å²) >= 11 is 0. The topological polar surface area (TPSA) is 68.2 Å². The fraction of sp³-hybridized carbons (Fsp3) is 0.500. The molecule has 1 aromatic carbocycles. The van der Waals surface area contributed by atoms with Crippen LogP contribution in [0.2, 0.25) is 0 Å². The van der Waals surface area contributed by atoms with Gasteiger partial charge in [-0.2, -0.15) is 4.98 Å². The number of nitrogens with zero attached hydrogens (tertiary/aromatic N) is 3. The first kappa shape index (κ1) is 12.7. The zero-order chi connectivity index (χ0) is 14.4. The normalized spacial score (nSPS) is 19.4. The lowest BCUT2D eigenvalue weighted by atomic mass is 9.98. The zero-order valence-corrected chi connectivity index (χ0v) is 12.2. The van der Waals surface area contributed by atoms with Crippen LogP contribution in [0, 0.1) is 0 Å². The average molecular weight is 284 g/mol. The molecule has 1 fully saturated rings. The molecule has 2 aliphatic rings. The van der Waals surface area contributed by atoms with Gasteiger partial charge in [0.15, 0.2) is 5.82 Å². The van der Waals surface area contributed by atoms with Crippen molar-refractivity contribution in [2.75, 3.05) is 17.2 Å². The van der Waals surface area contributed by atoms with Gasteiger partial charge in [0, 0.05) is 23.8 Å². The summed E-state index contributed by atoms with van der Waals surface area (Å²) in [6.07, 6.45) is 4.53. The maximum absolute atomic E-state index is 6.12. The number of hydrogen-bond donors (Lipinski definition) is 1. The van der Waals surface area contributed by atoms with Gasteiger partial charge < -0.3 is 15.2 Å². The van der Waals surface area contributed by atoms with Gasteiger partial charge in [0.2, 0.25) is 5.89 Å². The number of nitrogen functional groups attached to an aromatic ring is 1. The largest absolute Gasteiger partial charge is 0.398 e. The molecule has 2 aromatic rings. The summed E-state index contributed by atoms with van der Waals surface area (Å²) in [4.78, 5) is 6.92. The number of benzene rings is 1. The molecule has 110 valence electrons. The van der Waals surface area contributed by atoms with E-state index in [0.29, 0.717) is 11.8 Å². The summed E-state index contributed by atoms with van der Waals surface area (Å²) in [7, 11) is 0. The van der Waals surface area contributed by atoms with E-state index in [1.807, 2.05) is 12.1 Å². The maximum atomic E-state index is 6.12. The van der Waals surface area contributed by atoms with Gasteiger partial charge in [-0.15, -0.1) is 0 Å². The van der Waals surface area contributed by atoms with E-state index in [9.17, 15) is 0 Å². The molecule has 0 spiro atoms. The van der Waals surface area contributed by atoms with Crippen molar-refractivity contribution in [1.29, 1.82) is 0 Å². The molecule has 0 radical (unpaired) electrons. The smallest absolute Gasteiger partial charge is 0.249 e. The Balaban J connectivity index is 1.65. The Morgan fingerprint density at radius 3 is 3.05 bits per heavy atom. The number of fused-ring (bicyclic) bond motifs is 1. The van der Waals surface area contributed by atoms with Gasteiger partial charge >= 0.3 is 0 Å². The fourth-order valence-electron chi connectivity index (χ4n) is 3.14. The van der Waals surface area contributed by atoms with Crippen LogP contribution in [-0.4, -0.2) is 16.7 Å². The quantitative estimate of drug-likeness (QED) is 0.877. The van der Waals surface area contributed by atoms with Gasteiger partial charge in [-0.25, -0.2) is 0 Å². The number of nitrogens with two attached hydrogens (primary N) is 1. The molecule has 1 saturated carbocycles. The summed E-state index contributed by atoms with van der Waals surface area (Å²) in [5.74, 6) is 2.12. The Morgan fingerprint density at radius 1 is 1.38 bits per heavy atom. The lowest BCUT2D eigenvalue weighted by Gasteiger charge is -2.35. The lowest BCUT2D eigenvalue weighted by molar-refractivity contribution is 0.349. The molecule has 5 nitrogen and oxygen atoms in total. The molecular formula is C16H20N4O. The van der Waals surface area contributed by atoms with Crippen LogP contribution in [-0.2, 0) is 6.42 Å². The molecule has 1 aliphatic carbocycles. The monoisotopic (exact) mass is 284 g/mol. The minimum atomic E-state index is 0.0887. The minimum Gasteiger partial charge on any atom is -0.398 e.